The van der Waals surface area contributed by atoms with Crippen LogP contribution in [0.3, 0.4) is 0 Å². The highest BCUT2D eigenvalue weighted by Gasteiger charge is 2.36. The summed E-state index contributed by atoms with van der Waals surface area (Å²) >= 11 is 1.19. The first kappa shape index (κ1) is 86.7. The van der Waals surface area contributed by atoms with Crippen LogP contribution in [0.4, 0.5) is 5.69 Å². The van der Waals surface area contributed by atoms with Crippen molar-refractivity contribution in [3.63, 3.8) is 0 Å². The van der Waals surface area contributed by atoms with Gasteiger partial charge in [-0.15, -0.1) is 0 Å². The predicted octanol–water partition coefficient (Wildman–Crippen LogP) is 9.73. The summed E-state index contributed by atoms with van der Waals surface area (Å²) in [6.07, 6.45) is 8.14. The number of aromatic amines is 5. The van der Waals surface area contributed by atoms with Gasteiger partial charge in [-0.3, -0.25) is 57.3 Å². The van der Waals surface area contributed by atoms with Crippen molar-refractivity contribution >= 4 is 142 Å². The molecule has 0 saturated heterocycles. The molecule has 15 N–H and O–H groups in total. The van der Waals surface area contributed by atoms with Crippen LogP contribution < -0.4 is 58.7 Å². The van der Waals surface area contributed by atoms with E-state index in [1.165, 1.54) is 16.3 Å². The van der Waals surface area contributed by atoms with E-state index in [0.717, 1.165) is 65.6 Å². The molecule has 10 amide bonds. The van der Waals surface area contributed by atoms with Gasteiger partial charge in [0.2, 0.25) is 59.1 Å². The summed E-state index contributed by atoms with van der Waals surface area (Å²) in [5.41, 5.74) is 16.5. The van der Waals surface area contributed by atoms with E-state index in [1.54, 1.807) is 29.7 Å². The summed E-state index contributed by atoms with van der Waals surface area (Å²) in [4.78, 5) is 182. The number of primary amides is 1. The summed E-state index contributed by atoms with van der Waals surface area (Å²) in [6, 6.07) is 53.8. The Labute approximate surface area is 739 Å². The first-order valence-electron chi connectivity index (χ1n) is 43.0. The molecule has 8 aromatic carbocycles. The van der Waals surface area contributed by atoms with Crippen molar-refractivity contribution in [2.45, 2.75) is 144 Å². The Morgan fingerprint density at radius 3 is 1.49 bits per heavy atom. The lowest BCUT2D eigenvalue weighted by atomic mass is 9.91. The van der Waals surface area contributed by atoms with Gasteiger partial charge in [0.15, 0.2) is 5.16 Å². The fraction of sp³-hybridized carbons (Fsp3) is 0.265. The number of nitrogens with one attached hydrogen (secondary N) is 13. The van der Waals surface area contributed by atoms with Crippen LogP contribution in [0.1, 0.15) is 103 Å². The molecule has 14 aromatic rings. The maximum absolute atomic E-state index is 15.7. The maximum Gasteiger partial charge on any atom is 0.283 e. The molecule has 1 aliphatic carbocycles. The Morgan fingerprint density at radius 2 is 0.922 bits per heavy atom. The van der Waals surface area contributed by atoms with E-state index in [4.69, 9.17) is 15.5 Å². The second-order valence-corrected chi connectivity index (χ2v) is 33.2. The number of rotatable bonds is 37. The van der Waals surface area contributed by atoms with Crippen LogP contribution in [0, 0.1) is 11.8 Å². The highest BCUT2D eigenvalue weighted by Crippen LogP contribution is 2.31. The van der Waals surface area contributed by atoms with E-state index in [0.29, 0.717) is 87.5 Å². The summed E-state index contributed by atoms with van der Waals surface area (Å²) < 4.78 is 7.39. The van der Waals surface area contributed by atoms with Gasteiger partial charge < -0.3 is 82.8 Å². The summed E-state index contributed by atoms with van der Waals surface area (Å²) in [7, 11) is 0. The van der Waals surface area contributed by atoms with E-state index in [1.807, 2.05) is 200 Å². The Hall–Kier alpha value is -14.8. The van der Waals surface area contributed by atoms with Gasteiger partial charge in [0, 0.05) is 167 Å². The van der Waals surface area contributed by atoms with Crippen molar-refractivity contribution in [3.8, 4) is 17.5 Å². The fourth-order valence-electron chi connectivity index (χ4n) is 16.9. The van der Waals surface area contributed by atoms with Crippen molar-refractivity contribution in [2.75, 3.05) is 30.4 Å². The number of fused-ring (bicyclic) bond motifs is 9. The highest BCUT2D eigenvalue weighted by molar-refractivity contribution is 7.99. The van der Waals surface area contributed by atoms with Crippen molar-refractivity contribution in [2.24, 2.45) is 5.73 Å². The fourth-order valence-corrected chi connectivity index (χ4v) is 17.7. The number of hydrogen-bond donors (Lipinski definition) is 14. The van der Waals surface area contributed by atoms with Gasteiger partial charge in [0.25, 0.3) is 5.56 Å². The van der Waals surface area contributed by atoms with Gasteiger partial charge in [0.1, 0.15) is 41.2 Å². The van der Waals surface area contributed by atoms with Crippen molar-refractivity contribution in [1.29, 1.82) is 0 Å². The topological polar surface area (TPSA) is 419 Å². The van der Waals surface area contributed by atoms with Crippen molar-refractivity contribution in [3.05, 3.63) is 274 Å². The number of anilines is 1. The highest BCUT2D eigenvalue weighted by atomic mass is 32.2. The van der Waals surface area contributed by atoms with Gasteiger partial charge in [-0.2, -0.15) is 0 Å². The molecule has 0 spiro atoms. The molecule has 1 aliphatic heterocycles. The molecule has 7 heterocycles. The molecule has 5 atom stereocenters. The number of thioether (sulfide) groups is 1. The molecule has 2 aliphatic rings. The monoisotopic (exact) mass is 1740 g/mol. The summed E-state index contributed by atoms with van der Waals surface area (Å²) in [5, 5.41) is 27.8. The molecule has 0 bridgehead atoms. The lowest BCUT2D eigenvalue weighted by Crippen LogP contribution is -2.60. The van der Waals surface area contributed by atoms with Gasteiger partial charge in [-0.1, -0.05) is 163 Å². The first-order valence-corrected chi connectivity index (χ1v) is 44.0. The molecule has 0 unspecified atom stereocenters. The zero-order valence-electron chi connectivity index (χ0n) is 70.1. The number of H-pyrrole nitrogens is 5. The molecular formula is C98H97N17O12S. The van der Waals surface area contributed by atoms with E-state index in [2.05, 4.69) is 79.3 Å². The number of ether oxygens (including phenoxy) is 1. The zero-order chi connectivity index (χ0) is 88.6. The van der Waals surface area contributed by atoms with Crippen LogP contribution in [0.5, 0.6) is 0 Å². The minimum absolute atomic E-state index is 0.0172. The minimum atomic E-state index is -1.60. The zero-order valence-corrected chi connectivity index (χ0v) is 70.9. The average molecular weight is 1740 g/mol. The van der Waals surface area contributed by atoms with Crippen molar-refractivity contribution < 1.29 is 52.7 Å². The third-order valence-electron chi connectivity index (χ3n) is 23.6. The summed E-state index contributed by atoms with van der Waals surface area (Å²) in [5.74, 6) is 0.341. The van der Waals surface area contributed by atoms with Crippen LogP contribution >= 0.6 is 11.8 Å². The van der Waals surface area contributed by atoms with Crippen LogP contribution in [-0.2, 0) is 84.9 Å². The van der Waals surface area contributed by atoms with Crippen LogP contribution in [-0.4, -0.2) is 161 Å². The number of aromatic nitrogens is 7. The molecule has 652 valence electrons. The lowest BCUT2D eigenvalue weighted by Gasteiger charge is -2.29. The smallest absolute Gasteiger partial charge is 0.283 e. The third kappa shape index (κ3) is 20.9. The largest absolute Gasteiger partial charge is 0.381 e. The normalized spacial score (nSPS) is 14.8. The van der Waals surface area contributed by atoms with Crippen LogP contribution in [0.2, 0.25) is 0 Å². The predicted molar refractivity (Wildman–Crippen MR) is 491 cm³/mol. The number of carbonyl (C=O) groups excluding carboxylic acids is 10. The molecule has 30 heteroatoms. The van der Waals surface area contributed by atoms with Crippen LogP contribution in [0.15, 0.2) is 235 Å². The number of amides is 10. The third-order valence-corrected chi connectivity index (χ3v) is 24.5. The Bertz CT molecular complexity index is 6630. The summed E-state index contributed by atoms with van der Waals surface area (Å²) in [6.45, 7) is 0.573. The number of nitrogens with two attached hydrogens (primary N) is 1. The Morgan fingerprint density at radius 1 is 0.461 bits per heavy atom. The molecule has 1 saturated carbocycles. The van der Waals surface area contributed by atoms with Gasteiger partial charge in [-0.25, -0.2) is 4.98 Å². The molecular weight excluding hydrogens is 1640 g/mol. The second kappa shape index (κ2) is 40.4. The molecule has 0 radical (unpaired) electrons. The Kier molecular flexibility index (Phi) is 27.4. The first-order chi connectivity index (χ1) is 62.4. The molecule has 16 rings (SSSR count). The molecule has 29 nitrogen and oxygen atoms in total. The van der Waals surface area contributed by atoms with Gasteiger partial charge >= 0.3 is 0 Å². The quantitative estimate of drug-likeness (QED) is 0.00746. The van der Waals surface area contributed by atoms with E-state index >= 15 is 19.2 Å². The number of benzene rings is 8. The number of para-hydroxylation sites is 7. The maximum atomic E-state index is 15.7. The standard InChI is InChI=1S/C98H97N17O12S/c99-92(121)80(49-62-53-101-74-29-12-7-24-69(62)74)110-96(125)83(52-65-56-104-77-32-15-10-27-72(65)77)111-93(122)79(41-42-85(116)100-46-18-47-127-48-45-87(118)105-66-37-39-67(40-38-66)106-88(119)58-128-98-113-90-73-28-11-16-33-78(73)108-91(90)97(126)115(98)68-22-2-1-3-23-68)109-95(124)82(51-64-55-103-76-31-14-9-26-71(64)76)112-94(123)81(50-63-54-102-75-30-13-8-25-70(63)75)107-86(117)43-44-89(120)114-57-61-21-5-4-19-59(61)35-36-60-20-6-17-34-84(60)114/h1-17,19-34,53-56,66-67,79-83,101-104,108H,18,37-52,57-58H2,(H2,99,121)(H,100,116)(H,105,118)(H,106,119)(H,107,117)(H,109,124)(H,110,125)(H,111,122)(H,112,123)/t66?,67?,79-,80-,81-,82-,83-/m0/s1. The second-order valence-electron chi connectivity index (χ2n) is 32.3. The minimum Gasteiger partial charge on any atom is -0.381 e. The van der Waals surface area contributed by atoms with E-state index in [-0.39, 0.29) is 125 Å². The molecule has 128 heavy (non-hydrogen) atoms. The van der Waals surface area contributed by atoms with E-state index < -0.39 is 71.6 Å². The van der Waals surface area contributed by atoms with Crippen molar-refractivity contribution in [1.82, 2.24) is 77.0 Å². The number of nitrogens with zero attached hydrogens (tertiary/aromatic N) is 3. The number of hydrogen-bond acceptors (Lipinski definition) is 14. The van der Waals surface area contributed by atoms with Gasteiger partial charge in [-0.05, 0) is 127 Å². The Balaban J connectivity index is 0.581. The van der Waals surface area contributed by atoms with Gasteiger partial charge in [0.05, 0.1) is 30.3 Å². The van der Waals surface area contributed by atoms with E-state index in [9.17, 15) is 33.6 Å². The average Bonchev–Trinajstić information content (AvgIpc) is 1.59. The molecule has 6 aromatic heterocycles. The lowest BCUT2D eigenvalue weighted by molar-refractivity contribution is -0.135. The SMILES string of the molecule is NC(=O)[C@H](Cc1c[nH]c2ccccc12)NC(=O)[C@H](Cc1c[nH]c2ccccc12)NC(=O)[C@H](CCC(=O)NCCCOCCC(=O)NC1CCC(NC(=O)CSc2nc3c([nH]c4ccccc43)c(=O)n2-c2ccccc2)CC1)NC(=O)[C@H](Cc1c[nH]c2ccccc12)NC(=O)[C@H](Cc1c[nH]c2ccccc12)NC(=O)CCC(=O)N1Cc2ccccc2C#Cc2ccccc21. The molecule has 1 fully saturated rings. The number of carbonyl (C=O) groups is 10. The van der Waals surface area contributed by atoms with Crippen LogP contribution in [0.25, 0.3) is 71.2 Å².